The Morgan fingerprint density at radius 2 is 1.52 bits per heavy atom. The number of carbonyl (C=O) groups excluding carboxylic acids is 1. The molecule has 0 spiro atoms. The molecular formula is C19H17FO6S. The zero-order valence-corrected chi connectivity index (χ0v) is 15.4. The Kier molecular flexibility index (Phi) is 6.12. The quantitative estimate of drug-likeness (QED) is 0.461. The molecule has 1 N–H and O–H groups in total. The summed E-state index contributed by atoms with van der Waals surface area (Å²) in [4.78, 5) is 23.2. The van der Waals surface area contributed by atoms with Gasteiger partial charge in [0, 0.05) is 18.8 Å². The van der Waals surface area contributed by atoms with Gasteiger partial charge < -0.3 is 9.84 Å². The topological polar surface area (TPSA) is 97.7 Å². The molecule has 0 radical (unpaired) electrons. The largest absolute Gasteiger partial charge is 0.478 e. The van der Waals surface area contributed by atoms with Crippen LogP contribution in [0.2, 0.25) is 0 Å². The highest BCUT2D eigenvalue weighted by atomic mass is 32.2. The molecule has 2 aromatic rings. The van der Waals surface area contributed by atoms with Crippen LogP contribution in [0.3, 0.4) is 0 Å². The second-order valence-corrected chi connectivity index (χ2v) is 7.76. The average Bonchev–Trinajstić information content (AvgIpc) is 2.58. The lowest BCUT2D eigenvalue weighted by Gasteiger charge is -2.14. The van der Waals surface area contributed by atoms with Crippen molar-refractivity contribution in [3.05, 3.63) is 65.5 Å². The number of aliphatic carboxylic acids is 1. The minimum atomic E-state index is -3.42. The van der Waals surface area contributed by atoms with Gasteiger partial charge in [0.05, 0.1) is 10.5 Å². The van der Waals surface area contributed by atoms with E-state index in [1.807, 2.05) is 0 Å². The van der Waals surface area contributed by atoms with Crippen LogP contribution < -0.4 is 0 Å². The summed E-state index contributed by atoms with van der Waals surface area (Å²) in [5.41, 5.74) is 0.566. The van der Waals surface area contributed by atoms with Crippen molar-refractivity contribution in [2.24, 2.45) is 0 Å². The van der Waals surface area contributed by atoms with E-state index >= 15 is 0 Å². The van der Waals surface area contributed by atoms with Gasteiger partial charge in [0.1, 0.15) is 12.4 Å². The minimum Gasteiger partial charge on any atom is -0.478 e. The third-order valence-electron chi connectivity index (χ3n) is 3.70. The van der Waals surface area contributed by atoms with Crippen molar-refractivity contribution < 1.29 is 32.2 Å². The summed E-state index contributed by atoms with van der Waals surface area (Å²) in [6.45, 7) is 0.843. The Bertz CT molecular complexity index is 990. The number of hydrogen-bond donors (Lipinski definition) is 1. The number of carboxylic acid groups (broad SMARTS) is 1. The van der Waals surface area contributed by atoms with Crippen molar-refractivity contribution in [2.45, 2.75) is 11.8 Å². The van der Waals surface area contributed by atoms with E-state index in [0.29, 0.717) is 5.56 Å². The molecule has 0 amide bonds. The molecule has 2 rings (SSSR count). The normalized spacial score (nSPS) is 12.3. The van der Waals surface area contributed by atoms with Crippen molar-refractivity contribution in [1.29, 1.82) is 0 Å². The van der Waals surface area contributed by atoms with Crippen LogP contribution in [0.5, 0.6) is 0 Å². The Hall–Kier alpha value is -3.00. The van der Waals surface area contributed by atoms with Crippen molar-refractivity contribution >= 4 is 32.9 Å². The molecule has 2 aromatic carbocycles. The minimum absolute atomic E-state index is 0.0664. The van der Waals surface area contributed by atoms with Gasteiger partial charge in [0.15, 0.2) is 9.84 Å². The zero-order chi connectivity index (χ0) is 20.2. The SMILES string of the molecule is CC(=O)OCC(=C(C(=O)O)c1ccc(F)cc1)c1ccc(S(C)(=O)=O)cc1. The first-order valence-corrected chi connectivity index (χ1v) is 9.65. The molecule has 8 heteroatoms. The molecule has 0 aromatic heterocycles. The van der Waals surface area contributed by atoms with Gasteiger partial charge in [-0.1, -0.05) is 24.3 Å². The summed E-state index contributed by atoms with van der Waals surface area (Å²) in [5.74, 6) is -2.43. The lowest BCUT2D eigenvalue weighted by molar-refractivity contribution is -0.139. The molecule has 0 saturated carbocycles. The lowest BCUT2D eigenvalue weighted by Crippen LogP contribution is -2.10. The molecule has 27 heavy (non-hydrogen) atoms. The summed E-state index contributed by atoms with van der Waals surface area (Å²) in [6, 6.07) is 10.4. The second-order valence-electron chi connectivity index (χ2n) is 5.74. The fourth-order valence-electron chi connectivity index (χ4n) is 2.42. The highest BCUT2D eigenvalue weighted by molar-refractivity contribution is 7.90. The number of benzene rings is 2. The molecule has 0 atom stereocenters. The smallest absolute Gasteiger partial charge is 0.336 e. The van der Waals surface area contributed by atoms with E-state index in [1.165, 1.54) is 43.3 Å². The van der Waals surface area contributed by atoms with E-state index in [2.05, 4.69) is 0 Å². The van der Waals surface area contributed by atoms with Gasteiger partial charge in [-0.05, 0) is 35.4 Å². The monoisotopic (exact) mass is 392 g/mol. The third-order valence-corrected chi connectivity index (χ3v) is 4.83. The van der Waals surface area contributed by atoms with Gasteiger partial charge >= 0.3 is 11.9 Å². The van der Waals surface area contributed by atoms with Crippen LogP contribution in [0.25, 0.3) is 11.1 Å². The number of halogens is 1. The van der Waals surface area contributed by atoms with Crippen LogP contribution in [0, 0.1) is 5.82 Å². The Morgan fingerprint density at radius 1 is 1.00 bits per heavy atom. The predicted molar refractivity (Wildman–Crippen MR) is 97.0 cm³/mol. The Balaban J connectivity index is 2.66. The molecule has 0 heterocycles. The Labute approximate surface area is 155 Å². The Morgan fingerprint density at radius 3 is 1.96 bits per heavy atom. The van der Waals surface area contributed by atoms with Crippen molar-refractivity contribution in [3.8, 4) is 0 Å². The first-order valence-electron chi connectivity index (χ1n) is 7.76. The molecular weight excluding hydrogens is 375 g/mol. The van der Waals surface area contributed by atoms with Gasteiger partial charge in [-0.15, -0.1) is 0 Å². The van der Waals surface area contributed by atoms with E-state index in [1.54, 1.807) is 0 Å². The molecule has 0 aliphatic rings. The van der Waals surface area contributed by atoms with Gasteiger partial charge in [-0.2, -0.15) is 0 Å². The third kappa shape index (κ3) is 5.24. The number of carboxylic acids is 1. The van der Waals surface area contributed by atoms with Gasteiger partial charge in [-0.25, -0.2) is 17.6 Å². The molecule has 0 aliphatic heterocycles. The van der Waals surface area contributed by atoms with Crippen molar-refractivity contribution in [1.82, 2.24) is 0 Å². The fourth-order valence-corrected chi connectivity index (χ4v) is 3.05. The van der Waals surface area contributed by atoms with Crippen LogP contribution in [-0.4, -0.2) is 38.3 Å². The van der Waals surface area contributed by atoms with E-state index in [9.17, 15) is 27.5 Å². The summed E-state index contributed by atoms with van der Waals surface area (Å²) >= 11 is 0. The highest BCUT2D eigenvalue weighted by Crippen LogP contribution is 2.28. The van der Waals surface area contributed by atoms with Crippen molar-refractivity contribution in [2.75, 3.05) is 12.9 Å². The fraction of sp³-hybridized carbons (Fsp3) is 0.158. The molecule has 142 valence electrons. The van der Waals surface area contributed by atoms with Gasteiger partial charge in [0.25, 0.3) is 0 Å². The molecule has 6 nitrogen and oxygen atoms in total. The molecule has 0 saturated heterocycles. The maximum atomic E-state index is 13.2. The second kappa shape index (κ2) is 8.13. The van der Waals surface area contributed by atoms with Crippen LogP contribution in [-0.2, 0) is 24.2 Å². The highest BCUT2D eigenvalue weighted by Gasteiger charge is 2.20. The standard InChI is InChI=1S/C19H17FO6S/c1-12(21)26-11-17(13-5-9-16(10-6-13)27(2,24)25)18(19(22)23)14-3-7-15(20)8-4-14/h3-10H,11H2,1-2H3,(H,22,23). The summed E-state index contributed by atoms with van der Waals surface area (Å²) in [5, 5.41) is 9.69. The van der Waals surface area contributed by atoms with Crippen LogP contribution in [0.1, 0.15) is 18.1 Å². The average molecular weight is 392 g/mol. The zero-order valence-electron chi connectivity index (χ0n) is 14.6. The van der Waals surface area contributed by atoms with Gasteiger partial charge in [-0.3, -0.25) is 4.79 Å². The van der Waals surface area contributed by atoms with Crippen LogP contribution in [0.15, 0.2) is 53.4 Å². The van der Waals surface area contributed by atoms with E-state index in [0.717, 1.165) is 18.4 Å². The molecule has 0 bridgehead atoms. The molecule has 0 fully saturated rings. The maximum absolute atomic E-state index is 13.2. The number of carbonyl (C=O) groups is 2. The first-order chi connectivity index (χ1) is 12.6. The lowest BCUT2D eigenvalue weighted by atomic mass is 9.95. The first kappa shape index (κ1) is 20.3. The number of hydrogen-bond acceptors (Lipinski definition) is 5. The number of esters is 1. The maximum Gasteiger partial charge on any atom is 0.336 e. The van der Waals surface area contributed by atoms with E-state index in [-0.39, 0.29) is 28.2 Å². The van der Waals surface area contributed by atoms with Crippen LogP contribution >= 0.6 is 0 Å². The number of rotatable bonds is 6. The summed E-state index contributed by atoms with van der Waals surface area (Å²) in [6.07, 6.45) is 1.05. The predicted octanol–water partition coefficient (Wildman–Crippen LogP) is 2.79. The summed E-state index contributed by atoms with van der Waals surface area (Å²) in [7, 11) is -3.42. The molecule has 0 aliphatic carbocycles. The number of ether oxygens (including phenoxy) is 1. The molecule has 0 unspecified atom stereocenters. The summed E-state index contributed by atoms with van der Waals surface area (Å²) < 4.78 is 41.4. The van der Waals surface area contributed by atoms with E-state index < -0.39 is 27.6 Å². The van der Waals surface area contributed by atoms with E-state index in [4.69, 9.17) is 4.74 Å². The number of sulfone groups is 1. The van der Waals surface area contributed by atoms with Gasteiger partial charge in [0.2, 0.25) is 0 Å². The van der Waals surface area contributed by atoms with Crippen molar-refractivity contribution in [3.63, 3.8) is 0 Å². The van der Waals surface area contributed by atoms with Crippen LogP contribution in [0.4, 0.5) is 4.39 Å².